The molecule has 5 nitrogen and oxygen atoms in total. The van der Waals surface area contributed by atoms with Crippen molar-refractivity contribution in [2.24, 2.45) is 0 Å². The largest absolute Gasteiger partial charge is 0.496 e. The van der Waals surface area contributed by atoms with Crippen molar-refractivity contribution in [3.8, 4) is 11.4 Å². The highest BCUT2D eigenvalue weighted by atomic mass is 79.9. The van der Waals surface area contributed by atoms with Gasteiger partial charge in [0.15, 0.2) is 0 Å². The van der Waals surface area contributed by atoms with Crippen molar-refractivity contribution < 1.29 is 14.3 Å². The lowest BCUT2D eigenvalue weighted by molar-refractivity contribution is 0.0527. The Balaban J connectivity index is 1.89. The first kappa shape index (κ1) is 22.1. The van der Waals surface area contributed by atoms with E-state index < -0.39 is 0 Å². The van der Waals surface area contributed by atoms with Crippen molar-refractivity contribution in [3.05, 3.63) is 94.1 Å². The summed E-state index contributed by atoms with van der Waals surface area (Å²) in [6, 6.07) is 24.1. The van der Waals surface area contributed by atoms with Gasteiger partial charge in [-0.25, -0.2) is 4.79 Å². The van der Waals surface area contributed by atoms with Crippen LogP contribution in [0.1, 0.15) is 28.5 Å². The summed E-state index contributed by atoms with van der Waals surface area (Å²) in [6.45, 7) is 3.30. The zero-order valence-electron chi connectivity index (χ0n) is 18.1. The predicted octanol–water partition coefficient (Wildman–Crippen LogP) is 5.87. The van der Waals surface area contributed by atoms with E-state index in [2.05, 4.69) is 37.9 Å². The zero-order valence-corrected chi connectivity index (χ0v) is 19.7. The minimum absolute atomic E-state index is 0.307. The van der Waals surface area contributed by atoms with Crippen LogP contribution in [0, 0.1) is 0 Å². The topological polar surface area (TPSA) is 52.5 Å². The number of rotatable bonds is 8. The molecule has 164 valence electrons. The molecule has 6 heteroatoms. The highest BCUT2D eigenvalue weighted by Crippen LogP contribution is 2.37. The number of nitrogens with one attached hydrogen (secondary N) is 1. The zero-order chi connectivity index (χ0) is 22.5. The van der Waals surface area contributed by atoms with Crippen LogP contribution in [-0.2, 0) is 17.8 Å². The van der Waals surface area contributed by atoms with Crippen molar-refractivity contribution in [1.29, 1.82) is 0 Å². The number of hydrogen-bond acceptors (Lipinski definition) is 4. The van der Waals surface area contributed by atoms with Gasteiger partial charge in [-0.1, -0.05) is 48.5 Å². The van der Waals surface area contributed by atoms with Gasteiger partial charge in [-0.2, -0.15) is 0 Å². The normalized spacial score (nSPS) is 11.0. The molecule has 3 aromatic carbocycles. The van der Waals surface area contributed by atoms with Crippen molar-refractivity contribution in [3.63, 3.8) is 0 Å². The molecule has 1 N–H and O–H groups in total. The first-order valence-electron chi connectivity index (χ1n) is 10.5. The summed E-state index contributed by atoms with van der Waals surface area (Å²) >= 11 is 3.60. The molecule has 32 heavy (non-hydrogen) atoms. The summed E-state index contributed by atoms with van der Waals surface area (Å²) < 4.78 is 13.9. The standard InChI is InChI=1S/C26H25BrN2O3/c1-3-32-26(30)25-20-14-24(31-2)21(27)15-22(20)29(19-12-8-5-9-13-19)23(25)17-28-16-18-10-6-4-7-11-18/h4-15,28H,3,16-17H2,1-2H3. The van der Waals surface area contributed by atoms with Crippen molar-refractivity contribution in [2.75, 3.05) is 13.7 Å². The van der Waals surface area contributed by atoms with Gasteiger partial charge in [-0.15, -0.1) is 0 Å². The number of benzene rings is 3. The van der Waals surface area contributed by atoms with Crippen molar-refractivity contribution in [1.82, 2.24) is 9.88 Å². The second-order valence-electron chi connectivity index (χ2n) is 7.31. The van der Waals surface area contributed by atoms with E-state index in [-0.39, 0.29) is 5.97 Å². The highest BCUT2D eigenvalue weighted by Gasteiger charge is 2.25. The van der Waals surface area contributed by atoms with Crippen molar-refractivity contribution in [2.45, 2.75) is 20.0 Å². The summed E-state index contributed by atoms with van der Waals surface area (Å²) in [5.41, 5.74) is 4.46. The van der Waals surface area contributed by atoms with Crippen LogP contribution >= 0.6 is 15.9 Å². The third kappa shape index (κ3) is 4.42. The van der Waals surface area contributed by atoms with Gasteiger partial charge in [0, 0.05) is 24.2 Å². The van der Waals surface area contributed by atoms with Crippen LogP contribution in [0.5, 0.6) is 5.75 Å². The first-order chi connectivity index (χ1) is 15.6. The number of halogens is 1. The lowest BCUT2D eigenvalue weighted by atomic mass is 10.1. The van der Waals surface area contributed by atoms with Gasteiger partial charge in [0.25, 0.3) is 0 Å². The molecule has 0 saturated heterocycles. The van der Waals surface area contributed by atoms with Gasteiger partial charge in [0.1, 0.15) is 5.75 Å². The van der Waals surface area contributed by atoms with Gasteiger partial charge in [0.05, 0.1) is 35.0 Å². The summed E-state index contributed by atoms with van der Waals surface area (Å²) in [7, 11) is 1.62. The molecule has 4 rings (SSSR count). The minimum Gasteiger partial charge on any atom is -0.496 e. The lowest BCUT2D eigenvalue weighted by Gasteiger charge is -2.13. The fourth-order valence-corrected chi connectivity index (χ4v) is 4.38. The minimum atomic E-state index is -0.340. The van der Waals surface area contributed by atoms with E-state index in [4.69, 9.17) is 9.47 Å². The van der Waals surface area contributed by atoms with Crippen LogP contribution in [0.25, 0.3) is 16.6 Å². The maximum absolute atomic E-state index is 13.1. The fourth-order valence-electron chi connectivity index (χ4n) is 3.89. The Labute approximate surface area is 196 Å². The van der Waals surface area contributed by atoms with Gasteiger partial charge in [-0.05, 0) is 52.7 Å². The summed E-state index contributed by atoms with van der Waals surface area (Å²) in [5, 5.41) is 4.29. The van der Waals surface area contributed by atoms with E-state index in [1.54, 1.807) is 7.11 Å². The second kappa shape index (κ2) is 10.0. The van der Waals surface area contributed by atoms with E-state index in [1.807, 2.05) is 67.6 Å². The maximum atomic E-state index is 13.1. The quantitative estimate of drug-likeness (QED) is 0.312. The Bertz CT molecular complexity index is 1220. The fraction of sp³-hybridized carbons (Fsp3) is 0.192. The second-order valence-corrected chi connectivity index (χ2v) is 8.16. The molecular weight excluding hydrogens is 468 g/mol. The number of nitrogens with zero attached hydrogens (tertiary/aromatic N) is 1. The number of para-hydroxylation sites is 1. The summed E-state index contributed by atoms with van der Waals surface area (Å²) in [4.78, 5) is 13.1. The van der Waals surface area contributed by atoms with E-state index in [0.29, 0.717) is 31.0 Å². The number of methoxy groups -OCH3 is 1. The third-order valence-electron chi connectivity index (χ3n) is 5.30. The Morgan fingerprint density at radius 1 is 1.00 bits per heavy atom. The molecule has 1 aromatic heterocycles. The average Bonchev–Trinajstić information content (AvgIpc) is 3.12. The number of hydrogen-bond donors (Lipinski definition) is 1. The number of fused-ring (bicyclic) bond motifs is 1. The van der Waals surface area contributed by atoms with Crippen LogP contribution in [0.2, 0.25) is 0 Å². The molecular formula is C26H25BrN2O3. The Morgan fingerprint density at radius 2 is 1.69 bits per heavy atom. The molecule has 0 unspecified atom stereocenters. The number of carbonyl (C=O) groups is 1. The van der Waals surface area contributed by atoms with Gasteiger partial charge < -0.3 is 19.4 Å². The summed E-state index contributed by atoms with van der Waals surface area (Å²) in [6.07, 6.45) is 0. The molecule has 0 spiro atoms. The molecule has 1 heterocycles. The molecule has 0 aliphatic heterocycles. The Kier molecular flexibility index (Phi) is 6.93. The molecule has 0 atom stereocenters. The average molecular weight is 493 g/mol. The SMILES string of the molecule is CCOC(=O)c1c(CNCc2ccccc2)n(-c2ccccc2)c2cc(Br)c(OC)cc12. The summed E-state index contributed by atoms with van der Waals surface area (Å²) in [5.74, 6) is 0.324. The lowest BCUT2D eigenvalue weighted by Crippen LogP contribution is -2.18. The van der Waals surface area contributed by atoms with Gasteiger partial charge in [0.2, 0.25) is 0 Å². The van der Waals surface area contributed by atoms with Crippen LogP contribution < -0.4 is 10.1 Å². The molecule has 0 bridgehead atoms. The molecule has 0 saturated carbocycles. The van der Waals surface area contributed by atoms with Crippen molar-refractivity contribution >= 4 is 32.8 Å². The number of ether oxygens (including phenoxy) is 2. The Morgan fingerprint density at radius 3 is 2.34 bits per heavy atom. The van der Waals surface area contributed by atoms with Gasteiger partial charge in [-0.3, -0.25) is 0 Å². The molecule has 0 amide bonds. The van der Waals surface area contributed by atoms with Crippen LogP contribution in [-0.4, -0.2) is 24.3 Å². The molecule has 0 fully saturated rings. The number of carbonyl (C=O) groups excluding carboxylic acids is 1. The number of esters is 1. The monoisotopic (exact) mass is 492 g/mol. The smallest absolute Gasteiger partial charge is 0.340 e. The van der Waals surface area contributed by atoms with E-state index in [1.165, 1.54) is 5.56 Å². The van der Waals surface area contributed by atoms with E-state index >= 15 is 0 Å². The van der Waals surface area contributed by atoms with E-state index in [0.717, 1.165) is 26.8 Å². The molecule has 0 aliphatic carbocycles. The Hall–Kier alpha value is -3.09. The number of aromatic nitrogens is 1. The predicted molar refractivity (Wildman–Crippen MR) is 130 cm³/mol. The third-order valence-corrected chi connectivity index (χ3v) is 5.92. The van der Waals surface area contributed by atoms with Gasteiger partial charge >= 0.3 is 5.97 Å². The highest BCUT2D eigenvalue weighted by molar-refractivity contribution is 9.10. The molecule has 0 radical (unpaired) electrons. The maximum Gasteiger partial charge on any atom is 0.340 e. The van der Waals surface area contributed by atoms with Crippen LogP contribution in [0.15, 0.2) is 77.3 Å². The van der Waals surface area contributed by atoms with Crippen LogP contribution in [0.4, 0.5) is 0 Å². The first-order valence-corrected chi connectivity index (χ1v) is 11.3. The molecule has 0 aliphatic rings. The molecule has 4 aromatic rings. The van der Waals surface area contributed by atoms with Crippen LogP contribution in [0.3, 0.4) is 0 Å². The van der Waals surface area contributed by atoms with E-state index in [9.17, 15) is 4.79 Å².